The summed E-state index contributed by atoms with van der Waals surface area (Å²) in [5.74, 6) is -1.07. The third kappa shape index (κ3) is 4.94. The highest BCUT2D eigenvalue weighted by Gasteiger charge is 2.41. The highest BCUT2D eigenvalue weighted by molar-refractivity contribution is 5.99. The highest BCUT2D eigenvalue weighted by Crippen LogP contribution is 2.40. The van der Waals surface area contributed by atoms with Crippen LogP contribution in [0.4, 0.5) is 26.3 Å². The number of nitrogens with zero attached hydrogens (tertiary/aromatic N) is 1. The van der Waals surface area contributed by atoms with Gasteiger partial charge in [-0.2, -0.15) is 26.3 Å². The van der Waals surface area contributed by atoms with E-state index in [0.717, 1.165) is 32.9 Å². The van der Waals surface area contributed by atoms with E-state index < -0.39 is 34.8 Å². The fourth-order valence-corrected chi connectivity index (χ4v) is 4.42. The maximum atomic E-state index is 13.5. The molecule has 1 aromatic carbocycles. The Kier molecular flexibility index (Phi) is 6.29. The molecule has 29 heavy (non-hydrogen) atoms. The summed E-state index contributed by atoms with van der Waals surface area (Å²) in [6.45, 7) is 3.66. The van der Waals surface area contributed by atoms with Gasteiger partial charge in [-0.05, 0) is 57.0 Å². The molecular weight excluding hydrogens is 400 g/mol. The lowest BCUT2D eigenvalue weighted by Gasteiger charge is -2.37. The second kappa shape index (κ2) is 8.26. The van der Waals surface area contributed by atoms with E-state index in [4.69, 9.17) is 4.74 Å². The first-order chi connectivity index (χ1) is 13.5. The van der Waals surface area contributed by atoms with Gasteiger partial charge in [0.1, 0.15) is 0 Å². The summed E-state index contributed by atoms with van der Waals surface area (Å²) in [4.78, 5) is 15.1. The number of likely N-dealkylation sites (tertiary alicyclic amines) is 1. The zero-order valence-electron chi connectivity index (χ0n) is 16.0. The first kappa shape index (κ1) is 22.1. The molecule has 0 spiro atoms. The van der Waals surface area contributed by atoms with Crippen molar-refractivity contribution in [3.05, 3.63) is 34.4 Å². The fourth-order valence-electron chi connectivity index (χ4n) is 4.42. The lowest BCUT2D eigenvalue weighted by Crippen LogP contribution is -2.45. The molecule has 2 fully saturated rings. The molecule has 0 N–H and O–H groups in total. The van der Waals surface area contributed by atoms with Gasteiger partial charge in [-0.3, -0.25) is 9.69 Å². The average molecular weight is 423 g/mol. The Morgan fingerprint density at radius 2 is 1.76 bits per heavy atom. The first-order valence-corrected chi connectivity index (χ1v) is 9.62. The summed E-state index contributed by atoms with van der Waals surface area (Å²) >= 11 is 0. The van der Waals surface area contributed by atoms with E-state index in [1.165, 1.54) is 0 Å². The number of hydrogen-bond acceptors (Lipinski definition) is 3. The number of ether oxygens (including phenoxy) is 1. The van der Waals surface area contributed by atoms with Crippen LogP contribution in [0.15, 0.2) is 12.1 Å². The first-order valence-electron chi connectivity index (χ1n) is 9.62. The average Bonchev–Trinajstić information content (AvgIpc) is 3.14. The van der Waals surface area contributed by atoms with Gasteiger partial charge in [-0.25, -0.2) is 0 Å². The van der Waals surface area contributed by atoms with E-state index in [9.17, 15) is 31.1 Å². The number of alkyl halides is 6. The summed E-state index contributed by atoms with van der Waals surface area (Å²) in [7, 11) is 0. The van der Waals surface area contributed by atoms with Crippen LogP contribution in [0.5, 0.6) is 0 Å². The van der Waals surface area contributed by atoms with E-state index in [1.54, 1.807) is 0 Å². The maximum Gasteiger partial charge on any atom is 0.417 e. The van der Waals surface area contributed by atoms with Crippen LogP contribution in [0.3, 0.4) is 0 Å². The Hall–Kier alpha value is -1.61. The molecule has 0 amide bonds. The molecule has 2 saturated heterocycles. The predicted molar refractivity (Wildman–Crippen MR) is 93.7 cm³/mol. The zero-order valence-corrected chi connectivity index (χ0v) is 16.0. The molecule has 0 aromatic heterocycles. The third-order valence-corrected chi connectivity index (χ3v) is 5.74. The van der Waals surface area contributed by atoms with E-state index in [0.29, 0.717) is 19.1 Å². The molecular formula is C20H23F6NO2. The van der Waals surface area contributed by atoms with Crippen LogP contribution in [0.1, 0.15) is 52.7 Å². The number of hydrogen-bond donors (Lipinski definition) is 0. The van der Waals surface area contributed by atoms with Gasteiger partial charge in [0.2, 0.25) is 0 Å². The van der Waals surface area contributed by atoms with Crippen molar-refractivity contribution in [1.82, 2.24) is 4.90 Å². The zero-order chi connectivity index (χ0) is 21.4. The van der Waals surface area contributed by atoms with Crippen molar-refractivity contribution in [3.8, 4) is 0 Å². The Morgan fingerprint density at radius 3 is 2.34 bits per heavy atom. The van der Waals surface area contributed by atoms with Gasteiger partial charge in [0.25, 0.3) is 0 Å². The normalized spacial score (nSPS) is 24.1. The maximum absolute atomic E-state index is 13.5. The number of carbonyl (C=O) groups is 1. The van der Waals surface area contributed by atoms with Crippen LogP contribution in [0.25, 0.3) is 0 Å². The Balaban J connectivity index is 1.91. The van der Waals surface area contributed by atoms with Crippen LogP contribution in [0.2, 0.25) is 0 Å². The number of Topliss-reactive ketones (excluding diaryl/α,β-unsaturated/α-hetero) is 1. The quantitative estimate of drug-likeness (QED) is 0.498. The Bertz CT molecular complexity index is 753. The molecule has 3 rings (SSSR count). The van der Waals surface area contributed by atoms with Crippen molar-refractivity contribution < 1.29 is 35.9 Å². The SMILES string of the molecule is Cc1cc(C(F)(F)F)cc(C(F)(F)F)c1C(=O)C[C@H]1COCC[C@@H]1N1CCCC1. The van der Waals surface area contributed by atoms with E-state index >= 15 is 0 Å². The topological polar surface area (TPSA) is 29.5 Å². The largest absolute Gasteiger partial charge is 0.417 e. The van der Waals surface area contributed by atoms with Crippen molar-refractivity contribution in [2.75, 3.05) is 26.3 Å². The van der Waals surface area contributed by atoms with E-state index in [1.807, 2.05) is 0 Å². The van der Waals surface area contributed by atoms with E-state index in [-0.39, 0.29) is 36.6 Å². The molecule has 2 atom stereocenters. The Labute approximate surface area is 165 Å². The summed E-state index contributed by atoms with van der Waals surface area (Å²) in [5.41, 5.74) is -3.91. The third-order valence-electron chi connectivity index (χ3n) is 5.74. The molecule has 162 valence electrons. The number of carbonyl (C=O) groups excluding carboxylic acids is 1. The van der Waals surface area contributed by atoms with Crippen LogP contribution in [-0.2, 0) is 17.1 Å². The molecule has 2 aliphatic heterocycles. The van der Waals surface area contributed by atoms with Crippen molar-refractivity contribution in [2.24, 2.45) is 5.92 Å². The van der Waals surface area contributed by atoms with Crippen molar-refractivity contribution in [1.29, 1.82) is 0 Å². The highest BCUT2D eigenvalue weighted by atomic mass is 19.4. The van der Waals surface area contributed by atoms with Gasteiger partial charge in [-0.15, -0.1) is 0 Å². The van der Waals surface area contributed by atoms with Crippen LogP contribution < -0.4 is 0 Å². The second-order valence-electron chi connectivity index (χ2n) is 7.77. The molecule has 0 bridgehead atoms. The minimum Gasteiger partial charge on any atom is -0.381 e. The van der Waals surface area contributed by atoms with Crippen molar-refractivity contribution in [3.63, 3.8) is 0 Å². The van der Waals surface area contributed by atoms with E-state index in [2.05, 4.69) is 4.90 Å². The minimum absolute atomic E-state index is 0.0373. The van der Waals surface area contributed by atoms with Crippen molar-refractivity contribution >= 4 is 5.78 Å². The van der Waals surface area contributed by atoms with Crippen molar-refractivity contribution in [2.45, 2.75) is 51.0 Å². The second-order valence-corrected chi connectivity index (χ2v) is 7.77. The molecule has 0 saturated carbocycles. The standard InChI is InChI=1S/C20H23F6NO2/c1-12-8-14(19(21,22)23)10-15(20(24,25)26)18(12)17(28)9-13-11-29-7-4-16(13)27-5-2-3-6-27/h8,10,13,16H,2-7,9,11H2,1H3/t13-,16-/m0/s1. The molecule has 0 radical (unpaired) electrons. The Morgan fingerprint density at radius 1 is 1.10 bits per heavy atom. The molecule has 0 aliphatic carbocycles. The molecule has 2 aliphatic rings. The number of benzene rings is 1. The lowest BCUT2D eigenvalue weighted by molar-refractivity contribution is -0.143. The molecule has 2 heterocycles. The number of aryl methyl sites for hydroxylation is 1. The number of ketones is 1. The molecule has 1 aromatic rings. The van der Waals surface area contributed by atoms with Gasteiger partial charge in [0.15, 0.2) is 5.78 Å². The molecule has 0 unspecified atom stereocenters. The summed E-state index contributed by atoms with van der Waals surface area (Å²) in [5, 5.41) is 0. The van der Waals surface area contributed by atoms with Crippen LogP contribution in [0, 0.1) is 12.8 Å². The van der Waals surface area contributed by atoms with Gasteiger partial charge in [0, 0.05) is 30.6 Å². The smallest absolute Gasteiger partial charge is 0.381 e. The summed E-state index contributed by atoms with van der Waals surface area (Å²) in [6, 6.07) is 0.687. The lowest BCUT2D eigenvalue weighted by atomic mass is 9.85. The van der Waals surface area contributed by atoms with Gasteiger partial charge in [0.05, 0.1) is 17.7 Å². The monoisotopic (exact) mass is 423 g/mol. The van der Waals surface area contributed by atoms with Gasteiger partial charge in [-0.1, -0.05) is 0 Å². The van der Waals surface area contributed by atoms with Gasteiger partial charge < -0.3 is 4.74 Å². The molecule has 9 heteroatoms. The molecule has 3 nitrogen and oxygen atoms in total. The summed E-state index contributed by atoms with van der Waals surface area (Å²) in [6.07, 6.45) is -7.41. The van der Waals surface area contributed by atoms with Crippen LogP contribution >= 0.6 is 0 Å². The number of rotatable bonds is 4. The minimum atomic E-state index is -5.06. The summed E-state index contributed by atoms with van der Waals surface area (Å²) < 4.78 is 84.9. The van der Waals surface area contributed by atoms with Crippen LogP contribution in [-0.4, -0.2) is 43.0 Å². The van der Waals surface area contributed by atoms with Gasteiger partial charge >= 0.3 is 12.4 Å². The number of halogens is 6. The predicted octanol–water partition coefficient (Wildman–Crippen LogP) is 5.11. The fraction of sp³-hybridized carbons (Fsp3) is 0.650.